The minimum absolute atomic E-state index is 0. The van der Waals surface area contributed by atoms with Crippen LogP contribution in [0.25, 0.3) is 0 Å². The van der Waals surface area contributed by atoms with Gasteiger partial charge in [0.15, 0.2) is 0 Å². The standard InChI is InChI=1S/C16H24N2O2.ClH/c1-18(11-13-6-3-4-9-15(13)20-2)16(19)14-8-5-7-12(14)10-17;/h3-4,6,9,12,14H,5,7-8,10-11,17H2,1-2H3;1H/t12-,14-;/m1./s1. The van der Waals surface area contributed by atoms with Gasteiger partial charge in [-0.15, -0.1) is 12.4 Å². The molecule has 0 aliphatic heterocycles. The van der Waals surface area contributed by atoms with E-state index in [1.54, 1.807) is 12.0 Å². The van der Waals surface area contributed by atoms with Crippen molar-refractivity contribution in [3.8, 4) is 5.75 Å². The Hall–Kier alpha value is -1.26. The maximum absolute atomic E-state index is 12.5. The van der Waals surface area contributed by atoms with E-state index in [0.29, 0.717) is 19.0 Å². The number of para-hydroxylation sites is 1. The Labute approximate surface area is 133 Å². The fraction of sp³-hybridized carbons (Fsp3) is 0.562. The Balaban J connectivity index is 0.00000220. The average Bonchev–Trinajstić information content (AvgIpc) is 2.95. The zero-order chi connectivity index (χ0) is 14.5. The Kier molecular flexibility index (Phi) is 6.99. The molecular weight excluding hydrogens is 288 g/mol. The first-order valence-corrected chi connectivity index (χ1v) is 7.24. The van der Waals surface area contributed by atoms with Crippen molar-refractivity contribution in [3.63, 3.8) is 0 Å². The van der Waals surface area contributed by atoms with Gasteiger partial charge < -0.3 is 15.4 Å². The fourth-order valence-electron chi connectivity index (χ4n) is 3.09. The molecule has 118 valence electrons. The van der Waals surface area contributed by atoms with Gasteiger partial charge in [0.05, 0.1) is 7.11 Å². The summed E-state index contributed by atoms with van der Waals surface area (Å²) in [5, 5.41) is 0. The summed E-state index contributed by atoms with van der Waals surface area (Å²) >= 11 is 0. The van der Waals surface area contributed by atoms with Crippen molar-refractivity contribution in [2.24, 2.45) is 17.6 Å². The number of halogens is 1. The number of amides is 1. The van der Waals surface area contributed by atoms with Crippen LogP contribution in [0.15, 0.2) is 24.3 Å². The van der Waals surface area contributed by atoms with Crippen LogP contribution < -0.4 is 10.5 Å². The van der Waals surface area contributed by atoms with Crippen LogP contribution in [0.3, 0.4) is 0 Å². The number of rotatable bonds is 5. The van der Waals surface area contributed by atoms with E-state index in [2.05, 4.69) is 0 Å². The Morgan fingerprint density at radius 1 is 1.38 bits per heavy atom. The van der Waals surface area contributed by atoms with Gasteiger partial charge in [-0.1, -0.05) is 24.6 Å². The lowest BCUT2D eigenvalue weighted by atomic mass is 9.94. The summed E-state index contributed by atoms with van der Waals surface area (Å²) in [6, 6.07) is 7.82. The van der Waals surface area contributed by atoms with E-state index in [4.69, 9.17) is 10.5 Å². The topological polar surface area (TPSA) is 55.6 Å². The fourth-order valence-corrected chi connectivity index (χ4v) is 3.09. The first-order chi connectivity index (χ1) is 9.67. The molecule has 4 nitrogen and oxygen atoms in total. The molecular formula is C16H25ClN2O2. The van der Waals surface area contributed by atoms with Crippen LogP contribution in [-0.2, 0) is 11.3 Å². The third kappa shape index (κ3) is 4.11. The molecule has 1 saturated carbocycles. The van der Waals surface area contributed by atoms with Crippen molar-refractivity contribution < 1.29 is 9.53 Å². The summed E-state index contributed by atoms with van der Waals surface area (Å²) in [6.07, 6.45) is 3.16. The van der Waals surface area contributed by atoms with E-state index in [-0.39, 0.29) is 24.2 Å². The maximum Gasteiger partial charge on any atom is 0.226 e. The third-order valence-corrected chi connectivity index (χ3v) is 4.26. The molecule has 0 spiro atoms. The van der Waals surface area contributed by atoms with Gasteiger partial charge in [-0.3, -0.25) is 4.79 Å². The summed E-state index contributed by atoms with van der Waals surface area (Å²) in [4.78, 5) is 14.4. The van der Waals surface area contributed by atoms with Gasteiger partial charge in [-0.2, -0.15) is 0 Å². The highest BCUT2D eigenvalue weighted by molar-refractivity contribution is 5.85. The number of ether oxygens (including phenoxy) is 1. The highest BCUT2D eigenvalue weighted by Crippen LogP contribution is 2.32. The molecule has 21 heavy (non-hydrogen) atoms. The van der Waals surface area contributed by atoms with E-state index in [1.165, 1.54) is 0 Å². The van der Waals surface area contributed by atoms with Crippen molar-refractivity contribution in [2.75, 3.05) is 20.7 Å². The number of carbonyl (C=O) groups is 1. The number of hydrogen-bond donors (Lipinski definition) is 1. The second kappa shape index (κ2) is 8.25. The van der Waals surface area contributed by atoms with Crippen LogP contribution in [0, 0.1) is 11.8 Å². The normalized spacial score (nSPS) is 20.7. The van der Waals surface area contributed by atoms with Gasteiger partial charge in [0.25, 0.3) is 0 Å². The molecule has 1 aromatic rings. The lowest BCUT2D eigenvalue weighted by Gasteiger charge is -2.25. The summed E-state index contributed by atoms with van der Waals surface area (Å²) in [5.74, 6) is 1.49. The molecule has 0 radical (unpaired) electrons. The molecule has 2 rings (SSSR count). The number of hydrogen-bond acceptors (Lipinski definition) is 3. The number of nitrogens with two attached hydrogens (primary N) is 1. The molecule has 2 N–H and O–H groups in total. The summed E-state index contributed by atoms with van der Waals surface area (Å²) in [5.41, 5.74) is 6.80. The van der Waals surface area contributed by atoms with Gasteiger partial charge in [-0.05, 0) is 31.4 Å². The second-order valence-corrected chi connectivity index (χ2v) is 5.54. The van der Waals surface area contributed by atoms with Crippen LogP contribution in [0.1, 0.15) is 24.8 Å². The van der Waals surface area contributed by atoms with Crippen molar-refractivity contribution >= 4 is 18.3 Å². The van der Waals surface area contributed by atoms with E-state index in [9.17, 15) is 4.79 Å². The highest BCUT2D eigenvalue weighted by Gasteiger charge is 2.33. The highest BCUT2D eigenvalue weighted by atomic mass is 35.5. The molecule has 0 aromatic heterocycles. The van der Waals surface area contributed by atoms with Crippen LogP contribution in [0.5, 0.6) is 5.75 Å². The first kappa shape index (κ1) is 17.8. The molecule has 1 aromatic carbocycles. The quantitative estimate of drug-likeness (QED) is 0.908. The minimum Gasteiger partial charge on any atom is -0.496 e. The average molecular weight is 313 g/mol. The third-order valence-electron chi connectivity index (χ3n) is 4.26. The van der Waals surface area contributed by atoms with Crippen molar-refractivity contribution in [1.82, 2.24) is 4.90 Å². The molecule has 0 unspecified atom stereocenters. The summed E-state index contributed by atoms with van der Waals surface area (Å²) in [7, 11) is 3.52. The second-order valence-electron chi connectivity index (χ2n) is 5.54. The molecule has 0 bridgehead atoms. The zero-order valence-corrected chi connectivity index (χ0v) is 13.6. The van der Waals surface area contributed by atoms with Gasteiger partial charge in [0.1, 0.15) is 5.75 Å². The van der Waals surface area contributed by atoms with Crippen LogP contribution >= 0.6 is 12.4 Å². The number of benzene rings is 1. The molecule has 1 aliphatic rings. The molecule has 0 saturated heterocycles. The predicted molar refractivity (Wildman–Crippen MR) is 86.6 cm³/mol. The van der Waals surface area contributed by atoms with Crippen molar-refractivity contribution in [1.29, 1.82) is 0 Å². The molecule has 1 fully saturated rings. The predicted octanol–water partition coefficient (Wildman–Crippen LogP) is 2.45. The van der Waals surface area contributed by atoms with E-state index >= 15 is 0 Å². The van der Waals surface area contributed by atoms with E-state index in [1.807, 2.05) is 31.3 Å². The lowest BCUT2D eigenvalue weighted by Crippen LogP contribution is -2.36. The van der Waals surface area contributed by atoms with Gasteiger partial charge >= 0.3 is 0 Å². The maximum atomic E-state index is 12.5. The van der Waals surface area contributed by atoms with Gasteiger partial charge in [0, 0.05) is 25.1 Å². The van der Waals surface area contributed by atoms with Crippen molar-refractivity contribution in [2.45, 2.75) is 25.8 Å². The first-order valence-electron chi connectivity index (χ1n) is 7.24. The molecule has 2 atom stereocenters. The number of carbonyl (C=O) groups excluding carboxylic acids is 1. The molecule has 1 aliphatic carbocycles. The van der Waals surface area contributed by atoms with Crippen LogP contribution in [-0.4, -0.2) is 31.5 Å². The minimum atomic E-state index is 0. The summed E-state index contributed by atoms with van der Waals surface area (Å²) in [6.45, 7) is 1.19. The van der Waals surface area contributed by atoms with E-state index in [0.717, 1.165) is 30.6 Å². The zero-order valence-electron chi connectivity index (χ0n) is 12.7. The van der Waals surface area contributed by atoms with Crippen LogP contribution in [0.2, 0.25) is 0 Å². The molecule has 0 heterocycles. The smallest absolute Gasteiger partial charge is 0.226 e. The van der Waals surface area contributed by atoms with Crippen LogP contribution in [0.4, 0.5) is 0 Å². The number of nitrogens with zero attached hydrogens (tertiary/aromatic N) is 1. The Morgan fingerprint density at radius 3 is 2.76 bits per heavy atom. The van der Waals surface area contributed by atoms with Crippen molar-refractivity contribution in [3.05, 3.63) is 29.8 Å². The monoisotopic (exact) mass is 312 g/mol. The largest absolute Gasteiger partial charge is 0.496 e. The lowest BCUT2D eigenvalue weighted by molar-refractivity contribution is -0.135. The SMILES string of the molecule is COc1ccccc1CN(C)C(=O)[C@@H]1CCC[C@@H]1CN.Cl. The van der Waals surface area contributed by atoms with Gasteiger partial charge in [-0.25, -0.2) is 0 Å². The molecule has 5 heteroatoms. The Morgan fingerprint density at radius 2 is 2.10 bits per heavy atom. The summed E-state index contributed by atoms with van der Waals surface area (Å²) < 4.78 is 5.34. The molecule has 1 amide bonds. The Bertz CT molecular complexity index is 467. The van der Waals surface area contributed by atoms with E-state index < -0.39 is 0 Å². The van der Waals surface area contributed by atoms with Gasteiger partial charge in [0.2, 0.25) is 5.91 Å². The number of methoxy groups -OCH3 is 1.